The van der Waals surface area contributed by atoms with Gasteiger partial charge in [0.15, 0.2) is 15.4 Å². The van der Waals surface area contributed by atoms with E-state index in [1.54, 1.807) is 26.1 Å². The van der Waals surface area contributed by atoms with Crippen LogP contribution in [0.15, 0.2) is 27.4 Å². The molecule has 0 fully saturated rings. The van der Waals surface area contributed by atoms with E-state index in [1.165, 1.54) is 10.8 Å². The summed E-state index contributed by atoms with van der Waals surface area (Å²) in [6, 6.07) is 4.98. The summed E-state index contributed by atoms with van der Waals surface area (Å²) >= 11 is 0. The van der Waals surface area contributed by atoms with Gasteiger partial charge in [-0.3, -0.25) is 4.57 Å². The number of fused-ring (bicyclic) bond motifs is 1. The Balaban J connectivity index is 2.54. The SMILES string of the molecule is CCn1c(=O)oc2cc(C(NC)C(C)S(C)(=O)=O)ccc21. The standard InChI is InChI=1S/C14H20N2O4S/c1-5-16-11-7-6-10(8-12(11)20-14(16)17)13(15-3)9(2)21(4,18)19/h6-9,13,15H,5H2,1-4H3. The number of hydrogen-bond donors (Lipinski definition) is 1. The first-order valence-corrected chi connectivity index (χ1v) is 8.74. The lowest BCUT2D eigenvalue weighted by atomic mass is 10.0. The number of aromatic nitrogens is 1. The van der Waals surface area contributed by atoms with Gasteiger partial charge in [0, 0.05) is 18.8 Å². The highest BCUT2D eigenvalue weighted by molar-refractivity contribution is 7.91. The molecule has 21 heavy (non-hydrogen) atoms. The smallest absolute Gasteiger partial charge is 0.408 e. The number of hydrogen-bond acceptors (Lipinski definition) is 5. The molecule has 0 spiro atoms. The summed E-state index contributed by atoms with van der Waals surface area (Å²) in [5, 5.41) is 2.44. The third kappa shape index (κ3) is 2.89. The molecule has 1 heterocycles. The Hall–Kier alpha value is -1.60. The van der Waals surface area contributed by atoms with Crippen molar-refractivity contribution in [2.75, 3.05) is 13.3 Å². The third-order valence-electron chi connectivity index (χ3n) is 3.82. The van der Waals surface area contributed by atoms with Crippen LogP contribution in [0.4, 0.5) is 0 Å². The van der Waals surface area contributed by atoms with E-state index >= 15 is 0 Å². The summed E-state index contributed by atoms with van der Waals surface area (Å²) in [6.07, 6.45) is 1.22. The van der Waals surface area contributed by atoms with Crippen LogP contribution in [0, 0.1) is 0 Å². The lowest BCUT2D eigenvalue weighted by molar-refractivity contribution is 0.511. The van der Waals surface area contributed by atoms with Crippen LogP contribution in [0.25, 0.3) is 11.1 Å². The van der Waals surface area contributed by atoms with Crippen molar-refractivity contribution in [1.29, 1.82) is 0 Å². The van der Waals surface area contributed by atoms with E-state index in [2.05, 4.69) is 5.32 Å². The summed E-state index contributed by atoms with van der Waals surface area (Å²) in [6.45, 7) is 4.06. The van der Waals surface area contributed by atoms with Gasteiger partial charge >= 0.3 is 5.76 Å². The first-order valence-electron chi connectivity index (χ1n) is 6.79. The molecule has 2 unspecified atom stereocenters. The van der Waals surface area contributed by atoms with Gasteiger partial charge in [-0.15, -0.1) is 0 Å². The molecule has 116 valence electrons. The molecule has 2 atom stereocenters. The minimum absolute atomic E-state index is 0.361. The van der Waals surface area contributed by atoms with Crippen LogP contribution in [0.5, 0.6) is 0 Å². The van der Waals surface area contributed by atoms with Gasteiger partial charge in [-0.1, -0.05) is 6.07 Å². The molecule has 0 amide bonds. The van der Waals surface area contributed by atoms with Gasteiger partial charge in [-0.2, -0.15) is 0 Å². The van der Waals surface area contributed by atoms with Crippen molar-refractivity contribution < 1.29 is 12.8 Å². The number of nitrogens with one attached hydrogen (secondary N) is 1. The maximum Gasteiger partial charge on any atom is 0.419 e. The second-order valence-electron chi connectivity index (χ2n) is 5.14. The molecule has 0 aliphatic rings. The topological polar surface area (TPSA) is 81.3 Å². The number of aryl methyl sites for hydroxylation is 1. The predicted molar refractivity (Wildman–Crippen MR) is 82.3 cm³/mol. The minimum Gasteiger partial charge on any atom is -0.408 e. The average Bonchev–Trinajstić information content (AvgIpc) is 2.72. The van der Waals surface area contributed by atoms with Gasteiger partial charge in [0.05, 0.1) is 10.8 Å². The first kappa shape index (κ1) is 15.8. The number of nitrogens with zero attached hydrogens (tertiary/aromatic N) is 1. The van der Waals surface area contributed by atoms with Crippen LogP contribution < -0.4 is 11.1 Å². The Morgan fingerprint density at radius 1 is 1.38 bits per heavy atom. The van der Waals surface area contributed by atoms with Crippen molar-refractivity contribution in [2.24, 2.45) is 0 Å². The second kappa shape index (κ2) is 5.65. The molecule has 7 heteroatoms. The maximum atomic E-state index is 11.8. The molecule has 0 aliphatic heterocycles. The van der Waals surface area contributed by atoms with Crippen molar-refractivity contribution in [1.82, 2.24) is 9.88 Å². The normalized spacial score (nSPS) is 15.2. The maximum absolute atomic E-state index is 11.8. The lowest BCUT2D eigenvalue weighted by Crippen LogP contribution is -2.32. The summed E-state index contributed by atoms with van der Waals surface area (Å²) < 4.78 is 30.3. The molecule has 0 aliphatic carbocycles. The van der Waals surface area contributed by atoms with Crippen molar-refractivity contribution in [3.8, 4) is 0 Å². The third-order valence-corrected chi connectivity index (χ3v) is 5.45. The zero-order chi connectivity index (χ0) is 15.8. The number of rotatable bonds is 5. The zero-order valence-corrected chi connectivity index (χ0v) is 13.4. The Labute approximate surface area is 123 Å². The van der Waals surface area contributed by atoms with E-state index in [0.717, 1.165) is 5.56 Å². The van der Waals surface area contributed by atoms with E-state index < -0.39 is 20.8 Å². The van der Waals surface area contributed by atoms with Crippen LogP contribution in [-0.4, -0.2) is 31.5 Å². The minimum atomic E-state index is -3.18. The van der Waals surface area contributed by atoms with Crippen LogP contribution in [0.1, 0.15) is 25.5 Å². The Morgan fingerprint density at radius 3 is 2.57 bits per heavy atom. The van der Waals surface area contributed by atoms with E-state index in [1.807, 2.05) is 13.0 Å². The van der Waals surface area contributed by atoms with Crippen molar-refractivity contribution in [3.05, 3.63) is 34.3 Å². The lowest BCUT2D eigenvalue weighted by Gasteiger charge is -2.22. The fourth-order valence-electron chi connectivity index (χ4n) is 2.50. The van der Waals surface area contributed by atoms with E-state index in [4.69, 9.17) is 4.42 Å². The predicted octanol–water partition coefficient (Wildman–Crippen LogP) is 1.31. The molecule has 6 nitrogen and oxygen atoms in total. The Bertz CT molecular complexity index is 804. The molecule has 0 saturated heterocycles. The van der Waals surface area contributed by atoms with Crippen LogP contribution in [0.2, 0.25) is 0 Å². The Kier molecular flexibility index (Phi) is 4.25. The molecular weight excluding hydrogens is 292 g/mol. The zero-order valence-electron chi connectivity index (χ0n) is 12.6. The molecule has 2 aromatic rings. The average molecular weight is 312 g/mol. The second-order valence-corrected chi connectivity index (χ2v) is 7.54. The van der Waals surface area contributed by atoms with E-state index in [9.17, 15) is 13.2 Å². The van der Waals surface area contributed by atoms with Gasteiger partial charge in [0.25, 0.3) is 0 Å². The fourth-order valence-corrected chi connectivity index (χ4v) is 3.28. The summed E-state index contributed by atoms with van der Waals surface area (Å²) in [7, 11) is -1.47. The van der Waals surface area contributed by atoms with Crippen LogP contribution >= 0.6 is 0 Å². The van der Waals surface area contributed by atoms with Gasteiger partial charge in [0.1, 0.15) is 0 Å². The van der Waals surface area contributed by atoms with Crippen LogP contribution in [0.3, 0.4) is 0 Å². The monoisotopic (exact) mass is 312 g/mol. The molecule has 2 rings (SSSR count). The molecule has 0 radical (unpaired) electrons. The van der Waals surface area contributed by atoms with Crippen LogP contribution in [-0.2, 0) is 16.4 Å². The van der Waals surface area contributed by atoms with E-state index in [0.29, 0.717) is 17.6 Å². The Morgan fingerprint density at radius 2 is 2.05 bits per heavy atom. The molecule has 1 aromatic heterocycles. The van der Waals surface area contributed by atoms with Crippen molar-refractivity contribution in [2.45, 2.75) is 31.7 Å². The molecular formula is C14H20N2O4S. The highest BCUT2D eigenvalue weighted by Crippen LogP contribution is 2.25. The number of oxazole rings is 1. The largest absolute Gasteiger partial charge is 0.419 e. The fraction of sp³-hybridized carbons (Fsp3) is 0.500. The summed E-state index contributed by atoms with van der Waals surface area (Å²) in [4.78, 5) is 11.7. The first-order chi connectivity index (χ1) is 9.79. The number of sulfone groups is 1. The van der Waals surface area contributed by atoms with Gasteiger partial charge < -0.3 is 9.73 Å². The van der Waals surface area contributed by atoms with Crippen molar-refractivity contribution in [3.63, 3.8) is 0 Å². The molecule has 0 saturated carbocycles. The number of benzene rings is 1. The molecule has 1 aromatic carbocycles. The summed E-state index contributed by atoms with van der Waals surface area (Å²) in [5.74, 6) is -0.401. The quantitative estimate of drug-likeness (QED) is 0.900. The van der Waals surface area contributed by atoms with Gasteiger partial charge in [0.2, 0.25) is 0 Å². The van der Waals surface area contributed by atoms with Gasteiger partial charge in [-0.05, 0) is 38.6 Å². The van der Waals surface area contributed by atoms with Crippen molar-refractivity contribution >= 4 is 20.9 Å². The molecule has 1 N–H and O–H groups in total. The van der Waals surface area contributed by atoms with E-state index in [-0.39, 0.29) is 6.04 Å². The summed E-state index contributed by atoms with van der Waals surface area (Å²) in [5.41, 5.74) is 1.97. The highest BCUT2D eigenvalue weighted by atomic mass is 32.2. The molecule has 0 bridgehead atoms. The highest BCUT2D eigenvalue weighted by Gasteiger charge is 2.26. The van der Waals surface area contributed by atoms with Gasteiger partial charge in [-0.25, -0.2) is 13.2 Å².